The lowest BCUT2D eigenvalue weighted by atomic mass is 10.2. The zero-order valence-corrected chi connectivity index (χ0v) is 15.8. The van der Waals surface area contributed by atoms with E-state index >= 15 is 0 Å². The van der Waals surface area contributed by atoms with Crippen LogP contribution in [0.1, 0.15) is 11.4 Å². The number of ether oxygens (including phenoxy) is 1. The van der Waals surface area contributed by atoms with Crippen LogP contribution in [0.2, 0.25) is 0 Å². The fraction of sp³-hybridized carbons (Fsp3) is 0.200. The summed E-state index contributed by atoms with van der Waals surface area (Å²) in [7, 11) is 3.26. The van der Waals surface area contributed by atoms with Gasteiger partial charge >= 0.3 is 0 Å². The fourth-order valence-corrected chi connectivity index (χ4v) is 2.73. The smallest absolute Gasteiger partial charge is 0.262 e. The van der Waals surface area contributed by atoms with Gasteiger partial charge in [-0.2, -0.15) is 4.98 Å². The van der Waals surface area contributed by atoms with Gasteiger partial charge in [0, 0.05) is 31.4 Å². The lowest BCUT2D eigenvalue weighted by Crippen LogP contribution is -2.24. The van der Waals surface area contributed by atoms with E-state index < -0.39 is 34.5 Å². The van der Waals surface area contributed by atoms with Crippen molar-refractivity contribution in [1.82, 2.24) is 9.55 Å². The zero-order valence-electron chi connectivity index (χ0n) is 15.8. The number of nitrogens with zero attached hydrogens (tertiary/aromatic N) is 3. The minimum Gasteiger partial charge on any atom is -0.472 e. The maximum Gasteiger partial charge on any atom is 0.262 e. The van der Waals surface area contributed by atoms with E-state index in [1.807, 2.05) is 0 Å². The molecule has 9 heteroatoms. The molecule has 0 saturated carbocycles. The van der Waals surface area contributed by atoms with Crippen molar-refractivity contribution >= 4 is 5.69 Å². The molecule has 0 aliphatic heterocycles. The van der Waals surface area contributed by atoms with E-state index in [0.29, 0.717) is 11.8 Å². The molecule has 0 N–H and O–H groups in total. The topological polar surface area (TPSA) is 47.4 Å². The average molecular weight is 407 g/mol. The SMILES string of the molecule is Cc1nc(OCc2ccc(F)cc2F)cc(=O)n1-c1c(F)cc(N(C)C)cc1F. The molecule has 0 aliphatic carbocycles. The third kappa shape index (κ3) is 4.23. The van der Waals surface area contributed by atoms with Crippen molar-refractivity contribution in [2.24, 2.45) is 0 Å². The van der Waals surface area contributed by atoms with Crippen LogP contribution >= 0.6 is 0 Å². The highest BCUT2D eigenvalue weighted by Crippen LogP contribution is 2.24. The first-order valence-electron chi connectivity index (χ1n) is 8.51. The van der Waals surface area contributed by atoms with Crippen molar-refractivity contribution < 1.29 is 22.3 Å². The van der Waals surface area contributed by atoms with E-state index in [0.717, 1.165) is 28.8 Å². The summed E-state index contributed by atoms with van der Waals surface area (Å²) in [6.45, 7) is 1.08. The molecule has 0 atom stereocenters. The fourth-order valence-electron chi connectivity index (χ4n) is 2.73. The maximum atomic E-state index is 14.5. The average Bonchev–Trinajstić information content (AvgIpc) is 2.62. The van der Waals surface area contributed by atoms with Gasteiger partial charge in [0.25, 0.3) is 5.56 Å². The van der Waals surface area contributed by atoms with Crippen molar-refractivity contribution in [3.63, 3.8) is 0 Å². The van der Waals surface area contributed by atoms with E-state index in [-0.39, 0.29) is 23.9 Å². The first-order valence-corrected chi connectivity index (χ1v) is 8.51. The molecule has 3 aromatic rings. The normalized spacial score (nSPS) is 10.9. The molecule has 0 bridgehead atoms. The minimum atomic E-state index is -0.928. The van der Waals surface area contributed by atoms with Crippen LogP contribution in [0.5, 0.6) is 5.88 Å². The number of rotatable bonds is 5. The van der Waals surface area contributed by atoms with Crippen LogP contribution in [0.3, 0.4) is 0 Å². The van der Waals surface area contributed by atoms with Gasteiger partial charge in [-0.15, -0.1) is 0 Å². The summed E-state index contributed by atoms with van der Waals surface area (Å²) in [4.78, 5) is 18.0. The first-order chi connectivity index (χ1) is 13.7. The van der Waals surface area contributed by atoms with Crippen LogP contribution in [-0.4, -0.2) is 23.6 Å². The second-order valence-corrected chi connectivity index (χ2v) is 6.49. The largest absolute Gasteiger partial charge is 0.472 e. The molecule has 0 amide bonds. The van der Waals surface area contributed by atoms with E-state index in [1.165, 1.54) is 17.9 Å². The van der Waals surface area contributed by atoms with Crippen LogP contribution in [0.25, 0.3) is 5.69 Å². The Bertz CT molecular complexity index is 1110. The van der Waals surface area contributed by atoms with Gasteiger partial charge in [0.05, 0.1) is 6.07 Å². The van der Waals surface area contributed by atoms with Crippen molar-refractivity contribution in [2.45, 2.75) is 13.5 Å². The van der Waals surface area contributed by atoms with Gasteiger partial charge in [-0.25, -0.2) is 17.6 Å². The summed E-state index contributed by atoms with van der Waals surface area (Å²) in [5.74, 6) is -3.57. The predicted octanol–water partition coefficient (Wildman–Crippen LogP) is 3.74. The Morgan fingerprint density at radius 2 is 1.66 bits per heavy atom. The van der Waals surface area contributed by atoms with Crippen molar-refractivity contribution in [1.29, 1.82) is 0 Å². The molecule has 1 aromatic heterocycles. The summed E-state index contributed by atoms with van der Waals surface area (Å²) >= 11 is 0. The van der Waals surface area contributed by atoms with Gasteiger partial charge in [0.15, 0.2) is 11.6 Å². The molecule has 3 rings (SSSR count). The second-order valence-electron chi connectivity index (χ2n) is 6.49. The third-order valence-corrected chi connectivity index (χ3v) is 4.20. The molecule has 1 heterocycles. The molecule has 0 saturated heterocycles. The molecule has 2 aromatic carbocycles. The van der Waals surface area contributed by atoms with Crippen LogP contribution in [0.4, 0.5) is 23.2 Å². The molecule has 152 valence electrons. The first kappa shape index (κ1) is 20.4. The predicted molar refractivity (Wildman–Crippen MR) is 99.5 cm³/mol. The summed E-state index contributed by atoms with van der Waals surface area (Å²) in [5, 5.41) is 0. The lowest BCUT2D eigenvalue weighted by molar-refractivity contribution is 0.285. The monoisotopic (exact) mass is 407 g/mol. The molecule has 0 aliphatic rings. The van der Waals surface area contributed by atoms with Gasteiger partial charge in [-0.3, -0.25) is 9.36 Å². The van der Waals surface area contributed by atoms with Crippen molar-refractivity contribution in [3.05, 3.63) is 81.4 Å². The van der Waals surface area contributed by atoms with Crippen molar-refractivity contribution in [3.8, 4) is 11.6 Å². The number of aryl methyl sites for hydroxylation is 1. The number of anilines is 1. The summed E-state index contributed by atoms with van der Waals surface area (Å²) in [6.07, 6.45) is 0. The van der Waals surface area contributed by atoms with Crippen molar-refractivity contribution in [2.75, 3.05) is 19.0 Å². The quantitative estimate of drug-likeness (QED) is 0.605. The second kappa shape index (κ2) is 7.94. The Labute approximate surface area is 163 Å². The molecule has 5 nitrogen and oxygen atoms in total. The Balaban J connectivity index is 1.93. The molecule has 0 spiro atoms. The number of aromatic nitrogens is 2. The molecular weight excluding hydrogens is 390 g/mol. The molecule has 0 radical (unpaired) electrons. The number of halogens is 4. The Morgan fingerprint density at radius 1 is 1.00 bits per heavy atom. The molecule has 0 fully saturated rings. The highest BCUT2D eigenvalue weighted by molar-refractivity contribution is 5.52. The van der Waals surface area contributed by atoms with E-state index in [1.54, 1.807) is 14.1 Å². The Hall–Kier alpha value is -3.36. The summed E-state index contributed by atoms with van der Waals surface area (Å²) in [6, 6.07) is 6.13. The molecule has 0 unspecified atom stereocenters. The van der Waals surface area contributed by atoms with E-state index in [2.05, 4.69) is 4.98 Å². The van der Waals surface area contributed by atoms with E-state index in [9.17, 15) is 22.4 Å². The zero-order chi connectivity index (χ0) is 21.3. The summed E-state index contributed by atoms with van der Waals surface area (Å²) in [5.41, 5.74) is -0.973. The van der Waals surface area contributed by atoms with Crippen LogP contribution < -0.4 is 15.2 Å². The summed E-state index contributed by atoms with van der Waals surface area (Å²) < 4.78 is 61.7. The van der Waals surface area contributed by atoms with Gasteiger partial charge in [0.2, 0.25) is 5.88 Å². The van der Waals surface area contributed by atoms with Gasteiger partial charge in [-0.05, 0) is 31.2 Å². The highest BCUT2D eigenvalue weighted by Gasteiger charge is 2.18. The number of hydrogen-bond acceptors (Lipinski definition) is 4. The van der Waals surface area contributed by atoms with E-state index in [4.69, 9.17) is 4.74 Å². The van der Waals surface area contributed by atoms with Gasteiger partial charge < -0.3 is 9.64 Å². The van der Waals surface area contributed by atoms with Crippen LogP contribution in [-0.2, 0) is 6.61 Å². The number of hydrogen-bond donors (Lipinski definition) is 0. The lowest BCUT2D eigenvalue weighted by Gasteiger charge is -2.17. The minimum absolute atomic E-state index is 0.0255. The maximum absolute atomic E-state index is 14.5. The number of benzene rings is 2. The van der Waals surface area contributed by atoms with Crippen LogP contribution in [0.15, 0.2) is 41.2 Å². The highest BCUT2D eigenvalue weighted by atomic mass is 19.1. The van der Waals surface area contributed by atoms with Gasteiger partial charge in [-0.1, -0.05) is 0 Å². The standard InChI is InChI=1S/C20H17F4N3O2/c1-11-25-18(29-10-12-4-5-13(21)6-15(12)22)9-19(28)27(11)20-16(23)7-14(26(2)3)8-17(20)24/h4-9H,10H2,1-3H3. The Morgan fingerprint density at radius 3 is 2.21 bits per heavy atom. The Kier molecular flexibility index (Phi) is 5.58. The molecular formula is C20H17F4N3O2. The third-order valence-electron chi connectivity index (χ3n) is 4.20. The molecule has 29 heavy (non-hydrogen) atoms. The van der Waals surface area contributed by atoms with Crippen LogP contribution in [0, 0.1) is 30.2 Å². The van der Waals surface area contributed by atoms with Gasteiger partial charge in [0.1, 0.15) is 29.8 Å².